The minimum atomic E-state index is 0.598. The van der Waals surface area contributed by atoms with Gasteiger partial charge in [-0.15, -0.1) is 0 Å². The second-order valence-corrected chi connectivity index (χ2v) is 15.9. The van der Waals surface area contributed by atoms with E-state index in [1.54, 1.807) is 0 Å². The normalized spacial score (nSPS) is 11.9. The summed E-state index contributed by atoms with van der Waals surface area (Å²) in [5, 5.41) is 11.6. The predicted molar refractivity (Wildman–Crippen MR) is 256 cm³/mol. The highest BCUT2D eigenvalue weighted by molar-refractivity contribution is 6.26. The van der Waals surface area contributed by atoms with E-state index < -0.39 is 0 Å². The van der Waals surface area contributed by atoms with Crippen LogP contribution in [0.15, 0.2) is 211 Å². The van der Waals surface area contributed by atoms with Crippen LogP contribution >= 0.6 is 0 Å². The van der Waals surface area contributed by atoms with Crippen molar-refractivity contribution >= 4 is 76.1 Å². The maximum atomic E-state index is 6.29. The molecular weight excluding hydrogens is 757 g/mol. The Kier molecular flexibility index (Phi) is 7.54. The topological polar surface area (TPSA) is 56.7 Å². The maximum Gasteiger partial charge on any atom is 0.164 e. The molecule has 0 bridgehead atoms. The van der Waals surface area contributed by atoms with E-state index in [9.17, 15) is 0 Å². The van der Waals surface area contributed by atoms with Crippen molar-refractivity contribution in [3.05, 3.63) is 206 Å². The number of fused-ring (bicyclic) bond motifs is 12. The average molecular weight is 791 g/mol. The third kappa shape index (κ3) is 5.32. The van der Waals surface area contributed by atoms with Gasteiger partial charge in [-0.05, 0) is 92.0 Å². The largest absolute Gasteiger partial charge is 0.456 e. The van der Waals surface area contributed by atoms with E-state index in [0.717, 1.165) is 49.7 Å². The first-order valence-electron chi connectivity index (χ1n) is 20.9. The Labute approximate surface area is 355 Å². The molecule has 5 nitrogen and oxygen atoms in total. The highest BCUT2D eigenvalue weighted by Crippen LogP contribution is 2.41. The molecule has 62 heavy (non-hydrogen) atoms. The molecule has 0 atom stereocenters. The highest BCUT2D eigenvalue weighted by atomic mass is 16.3. The van der Waals surface area contributed by atoms with Crippen molar-refractivity contribution < 1.29 is 4.42 Å². The van der Waals surface area contributed by atoms with Gasteiger partial charge in [-0.1, -0.05) is 158 Å². The average Bonchev–Trinajstić information content (AvgIpc) is 3.90. The fourth-order valence-corrected chi connectivity index (χ4v) is 9.59. The van der Waals surface area contributed by atoms with Crippen molar-refractivity contribution in [2.75, 3.05) is 0 Å². The van der Waals surface area contributed by atoms with Crippen LogP contribution in [0.1, 0.15) is 0 Å². The number of aromatic nitrogens is 4. The van der Waals surface area contributed by atoms with Crippen molar-refractivity contribution in [3.8, 4) is 51.0 Å². The molecule has 0 radical (unpaired) electrons. The van der Waals surface area contributed by atoms with Gasteiger partial charge in [0.15, 0.2) is 17.5 Å². The molecule has 0 N–H and O–H groups in total. The van der Waals surface area contributed by atoms with Crippen LogP contribution in [-0.4, -0.2) is 19.5 Å². The van der Waals surface area contributed by atoms with Gasteiger partial charge in [0.1, 0.15) is 11.2 Å². The molecule has 13 aromatic rings. The minimum absolute atomic E-state index is 0.598. The summed E-state index contributed by atoms with van der Waals surface area (Å²) in [7, 11) is 0. The highest BCUT2D eigenvalue weighted by Gasteiger charge is 2.20. The lowest BCUT2D eigenvalue weighted by Gasteiger charge is -2.15. The van der Waals surface area contributed by atoms with Crippen LogP contribution in [0.3, 0.4) is 0 Å². The van der Waals surface area contributed by atoms with Gasteiger partial charge in [0, 0.05) is 43.9 Å². The van der Waals surface area contributed by atoms with E-state index in [4.69, 9.17) is 19.4 Å². The molecule has 0 aliphatic carbocycles. The van der Waals surface area contributed by atoms with Gasteiger partial charge in [-0.3, -0.25) is 0 Å². The molecule has 10 aromatic carbocycles. The van der Waals surface area contributed by atoms with Crippen molar-refractivity contribution in [3.63, 3.8) is 0 Å². The molecule has 0 saturated carbocycles. The van der Waals surface area contributed by atoms with Crippen molar-refractivity contribution in [1.82, 2.24) is 19.5 Å². The van der Waals surface area contributed by atoms with E-state index in [1.807, 2.05) is 60.7 Å². The molecule has 0 aliphatic rings. The van der Waals surface area contributed by atoms with E-state index in [0.29, 0.717) is 17.5 Å². The van der Waals surface area contributed by atoms with Crippen molar-refractivity contribution in [2.45, 2.75) is 0 Å². The summed E-state index contributed by atoms with van der Waals surface area (Å²) in [5.74, 6) is 1.82. The first-order chi connectivity index (χ1) is 30.7. The van der Waals surface area contributed by atoms with Crippen molar-refractivity contribution in [2.24, 2.45) is 0 Å². The van der Waals surface area contributed by atoms with Crippen LogP contribution < -0.4 is 0 Å². The summed E-state index contributed by atoms with van der Waals surface area (Å²) in [6.07, 6.45) is 0. The monoisotopic (exact) mass is 790 g/mol. The van der Waals surface area contributed by atoms with Gasteiger partial charge < -0.3 is 8.98 Å². The number of nitrogens with zero attached hydrogens (tertiary/aromatic N) is 4. The molecule has 0 unspecified atom stereocenters. The molecule has 288 valence electrons. The molecule has 0 saturated heterocycles. The third-order valence-electron chi connectivity index (χ3n) is 12.4. The molecule has 0 amide bonds. The number of furan rings is 1. The fraction of sp³-hybridized carbons (Fsp3) is 0. The summed E-state index contributed by atoms with van der Waals surface area (Å²) < 4.78 is 8.70. The Hall–Kier alpha value is -8.41. The maximum absolute atomic E-state index is 6.29. The van der Waals surface area contributed by atoms with Crippen LogP contribution in [0.25, 0.3) is 127 Å². The summed E-state index contributed by atoms with van der Waals surface area (Å²) in [6, 6.07) is 72.9. The number of benzene rings is 10. The van der Waals surface area contributed by atoms with Crippen LogP contribution in [0.4, 0.5) is 0 Å². The predicted octanol–water partition coefficient (Wildman–Crippen LogP) is 15.0. The lowest BCUT2D eigenvalue weighted by Crippen LogP contribution is -2.00. The standard InChI is InChI=1S/C57H34N4O/c1-3-14-35(15-4-1)37-27-31-51-49(32-37)44-20-9-11-23-50(44)61(51)39-28-30-43-47-33-38(26-29-42(47)40-18-7-8-19-41(40)48(43)34-39)56-58-55(36-16-5-2-6-17-36)59-57(60-56)46-22-13-25-53-54(46)45-21-10-12-24-52(45)62-53/h1-34H. The second kappa shape index (κ2) is 13.6. The Morgan fingerprint density at radius 3 is 1.68 bits per heavy atom. The number of rotatable bonds is 5. The lowest BCUT2D eigenvalue weighted by atomic mass is 9.93. The third-order valence-corrected chi connectivity index (χ3v) is 12.4. The molecular formula is C57H34N4O. The Morgan fingerprint density at radius 2 is 0.855 bits per heavy atom. The molecule has 0 spiro atoms. The second-order valence-electron chi connectivity index (χ2n) is 15.9. The van der Waals surface area contributed by atoms with Crippen LogP contribution in [0.5, 0.6) is 0 Å². The van der Waals surface area contributed by atoms with E-state index in [-0.39, 0.29) is 0 Å². The number of hydrogen-bond acceptors (Lipinski definition) is 4. The molecule has 3 aromatic heterocycles. The molecule has 5 heteroatoms. The van der Waals surface area contributed by atoms with E-state index >= 15 is 0 Å². The van der Waals surface area contributed by atoms with Gasteiger partial charge in [0.2, 0.25) is 0 Å². The Balaban J connectivity index is 1.02. The first-order valence-corrected chi connectivity index (χ1v) is 20.9. The van der Waals surface area contributed by atoms with Gasteiger partial charge in [0.05, 0.1) is 11.0 Å². The van der Waals surface area contributed by atoms with E-state index in [1.165, 1.54) is 59.9 Å². The van der Waals surface area contributed by atoms with Gasteiger partial charge >= 0.3 is 0 Å². The van der Waals surface area contributed by atoms with Crippen LogP contribution in [0, 0.1) is 0 Å². The summed E-state index contributed by atoms with van der Waals surface area (Å²) in [4.78, 5) is 15.5. The minimum Gasteiger partial charge on any atom is -0.456 e. The van der Waals surface area contributed by atoms with Gasteiger partial charge in [-0.25, -0.2) is 15.0 Å². The first kappa shape index (κ1) is 34.5. The summed E-state index contributed by atoms with van der Waals surface area (Å²) in [5.41, 5.74) is 10.3. The SMILES string of the molecule is c1ccc(-c2ccc3c(c2)c2ccccc2n3-c2ccc3c4cc(-c5nc(-c6ccccc6)nc(-c6cccc7oc8ccccc8c67)n5)ccc4c4ccccc4c3c2)cc1. The number of hydrogen-bond donors (Lipinski definition) is 0. The van der Waals surface area contributed by atoms with E-state index in [2.05, 4.69) is 150 Å². The fourth-order valence-electron chi connectivity index (χ4n) is 9.59. The Bertz CT molecular complexity index is 3920. The number of para-hydroxylation sites is 2. The smallest absolute Gasteiger partial charge is 0.164 e. The van der Waals surface area contributed by atoms with Gasteiger partial charge in [-0.2, -0.15) is 0 Å². The lowest BCUT2D eigenvalue weighted by molar-refractivity contribution is 0.669. The van der Waals surface area contributed by atoms with Crippen LogP contribution in [0.2, 0.25) is 0 Å². The zero-order chi connectivity index (χ0) is 40.7. The molecule has 13 rings (SSSR count). The zero-order valence-corrected chi connectivity index (χ0v) is 33.3. The van der Waals surface area contributed by atoms with Crippen LogP contribution in [-0.2, 0) is 0 Å². The zero-order valence-electron chi connectivity index (χ0n) is 33.3. The van der Waals surface area contributed by atoms with Gasteiger partial charge in [0.25, 0.3) is 0 Å². The molecule has 3 heterocycles. The van der Waals surface area contributed by atoms with Crippen molar-refractivity contribution in [1.29, 1.82) is 0 Å². The molecule has 0 fully saturated rings. The quantitative estimate of drug-likeness (QED) is 0.163. The summed E-state index contributed by atoms with van der Waals surface area (Å²) in [6.45, 7) is 0. The molecule has 0 aliphatic heterocycles. The Morgan fingerprint density at radius 1 is 0.306 bits per heavy atom. The summed E-state index contributed by atoms with van der Waals surface area (Å²) >= 11 is 0.